The van der Waals surface area contributed by atoms with Gasteiger partial charge in [-0.3, -0.25) is 9.59 Å². The Morgan fingerprint density at radius 1 is 1.39 bits per heavy atom. The average Bonchev–Trinajstić information content (AvgIpc) is 2.89. The molecular formula is C20H26O3. The highest BCUT2D eigenvalue weighted by atomic mass is 16.5. The second kappa shape index (κ2) is 5.47. The van der Waals surface area contributed by atoms with E-state index in [0.29, 0.717) is 30.4 Å². The van der Waals surface area contributed by atoms with Gasteiger partial charge in [-0.15, -0.1) is 0 Å². The van der Waals surface area contributed by atoms with Crippen LogP contribution >= 0.6 is 0 Å². The molecule has 3 unspecified atom stereocenters. The minimum absolute atomic E-state index is 0.0711. The van der Waals surface area contributed by atoms with E-state index in [2.05, 4.69) is 19.9 Å². The maximum Gasteiger partial charge on any atom is 0.325 e. The predicted molar refractivity (Wildman–Crippen MR) is 89.3 cm³/mol. The van der Waals surface area contributed by atoms with Crippen LogP contribution in [0.2, 0.25) is 0 Å². The molecule has 2 aliphatic rings. The first kappa shape index (κ1) is 16.2. The number of benzene rings is 1. The van der Waals surface area contributed by atoms with Crippen molar-refractivity contribution in [3.05, 3.63) is 29.8 Å². The number of carbonyl (C=O) groups excluding carboxylic acids is 2. The lowest BCUT2D eigenvalue weighted by Gasteiger charge is -2.33. The van der Waals surface area contributed by atoms with Gasteiger partial charge in [0.15, 0.2) is 5.78 Å². The molecule has 1 aromatic carbocycles. The van der Waals surface area contributed by atoms with Gasteiger partial charge in [-0.1, -0.05) is 39.8 Å². The van der Waals surface area contributed by atoms with Crippen LogP contribution in [0, 0.1) is 16.7 Å². The zero-order valence-electron chi connectivity index (χ0n) is 14.5. The van der Waals surface area contributed by atoms with Gasteiger partial charge in [0, 0.05) is 6.42 Å². The number of hydrogen-bond acceptors (Lipinski definition) is 3. The molecule has 2 fully saturated rings. The van der Waals surface area contributed by atoms with Crippen LogP contribution in [0.5, 0.6) is 5.75 Å². The monoisotopic (exact) mass is 314 g/mol. The van der Waals surface area contributed by atoms with Crippen molar-refractivity contribution in [3.63, 3.8) is 0 Å². The molecule has 3 rings (SSSR count). The third-order valence-corrected chi connectivity index (χ3v) is 6.49. The molecule has 0 aliphatic heterocycles. The van der Waals surface area contributed by atoms with Crippen LogP contribution in [0.25, 0.3) is 0 Å². The SMILES string of the molecule is CCC(C)c1cccc(OC(=O)C23CCC(CC2=O)C3(C)C)c1. The maximum absolute atomic E-state index is 12.9. The topological polar surface area (TPSA) is 43.4 Å². The minimum Gasteiger partial charge on any atom is -0.426 e. The number of carbonyl (C=O) groups is 2. The number of rotatable bonds is 4. The van der Waals surface area contributed by atoms with Gasteiger partial charge in [0.1, 0.15) is 11.2 Å². The summed E-state index contributed by atoms with van der Waals surface area (Å²) in [4.78, 5) is 25.5. The van der Waals surface area contributed by atoms with E-state index in [1.807, 2.05) is 26.0 Å². The van der Waals surface area contributed by atoms with Gasteiger partial charge in [0.2, 0.25) is 0 Å². The van der Waals surface area contributed by atoms with Crippen molar-refractivity contribution in [1.29, 1.82) is 0 Å². The van der Waals surface area contributed by atoms with Gasteiger partial charge in [0.25, 0.3) is 0 Å². The molecule has 0 radical (unpaired) electrons. The van der Waals surface area contributed by atoms with E-state index in [1.54, 1.807) is 6.07 Å². The van der Waals surface area contributed by atoms with Crippen LogP contribution in [0.4, 0.5) is 0 Å². The van der Waals surface area contributed by atoms with Crippen molar-refractivity contribution in [3.8, 4) is 5.75 Å². The van der Waals surface area contributed by atoms with Gasteiger partial charge in [-0.25, -0.2) is 0 Å². The normalized spacial score (nSPS) is 29.6. The quantitative estimate of drug-likeness (QED) is 0.467. The number of hydrogen-bond donors (Lipinski definition) is 0. The number of Topliss-reactive ketones (excluding diaryl/α,β-unsaturated/α-hetero) is 1. The van der Waals surface area contributed by atoms with E-state index in [-0.39, 0.29) is 17.2 Å². The van der Waals surface area contributed by atoms with Crippen molar-refractivity contribution < 1.29 is 14.3 Å². The Morgan fingerprint density at radius 2 is 2.13 bits per heavy atom. The summed E-state index contributed by atoms with van der Waals surface area (Å²) in [5, 5.41) is 0. The largest absolute Gasteiger partial charge is 0.426 e. The van der Waals surface area contributed by atoms with Gasteiger partial charge in [0.05, 0.1) is 0 Å². The Balaban J connectivity index is 1.86. The Kier molecular flexibility index (Phi) is 3.86. The lowest BCUT2D eigenvalue weighted by Crippen LogP contribution is -2.45. The fraction of sp³-hybridized carbons (Fsp3) is 0.600. The highest BCUT2D eigenvalue weighted by Crippen LogP contribution is 2.64. The predicted octanol–water partition coefficient (Wildman–Crippen LogP) is 4.50. The lowest BCUT2D eigenvalue weighted by molar-refractivity contribution is -0.156. The fourth-order valence-electron chi connectivity index (χ4n) is 4.47. The molecule has 2 saturated carbocycles. The summed E-state index contributed by atoms with van der Waals surface area (Å²) in [6, 6.07) is 7.71. The highest BCUT2D eigenvalue weighted by Gasteiger charge is 2.69. The van der Waals surface area contributed by atoms with Crippen LogP contribution in [0.15, 0.2) is 24.3 Å². The summed E-state index contributed by atoms with van der Waals surface area (Å²) in [6.07, 6.45) is 3.14. The summed E-state index contributed by atoms with van der Waals surface area (Å²) >= 11 is 0. The molecule has 3 nitrogen and oxygen atoms in total. The smallest absolute Gasteiger partial charge is 0.325 e. The standard InChI is InChI=1S/C20H26O3/c1-5-13(2)14-7-6-8-16(11-14)23-18(22)20-10-9-15(12-17(20)21)19(20,3)4/h6-8,11,13,15H,5,9-10,12H2,1-4H3. The molecule has 0 N–H and O–H groups in total. The number of ketones is 1. The zero-order chi connectivity index (χ0) is 16.8. The van der Waals surface area contributed by atoms with E-state index >= 15 is 0 Å². The molecule has 23 heavy (non-hydrogen) atoms. The first-order valence-electron chi connectivity index (χ1n) is 8.68. The third kappa shape index (κ3) is 2.24. The first-order valence-corrected chi connectivity index (χ1v) is 8.68. The number of ether oxygens (including phenoxy) is 1. The molecule has 124 valence electrons. The Morgan fingerprint density at radius 3 is 2.70 bits per heavy atom. The molecule has 3 atom stereocenters. The van der Waals surface area contributed by atoms with Gasteiger partial charge >= 0.3 is 5.97 Å². The molecule has 1 aromatic rings. The molecule has 0 spiro atoms. The van der Waals surface area contributed by atoms with E-state index in [9.17, 15) is 9.59 Å². The molecule has 0 amide bonds. The van der Waals surface area contributed by atoms with Gasteiger partial charge < -0.3 is 4.74 Å². The molecule has 2 bridgehead atoms. The van der Waals surface area contributed by atoms with Crippen molar-refractivity contribution in [2.24, 2.45) is 16.7 Å². The van der Waals surface area contributed by atoms with Crippen LogP contribution in [-0.4, -0.2) is 11.8 Å². The van der Waals surface area contributed by atoms with Crippen LogP contribution < -0.4 is 4.74 Å². The second-order valence-electron chi connectivity index (χ2n) is 7.76. The van der Waals surface area contributed by atoms with Crippen molar-refractivity contribution in [2.75, 3.05) is 0 Å². The molecule has 3 heteroatoms. The summed E-state index contributed by atoms with van der Waals surface area (Å²) in [7, 11) is 0. The third-order valence-electron chi connectivity index (χ3n) is 6.49. The molecule has 0 aromatic heterocycles. The number of esters is 1. The molecular weight excluding hydrogens is 288 g/mol. The highest BCUT2D eigenvalue weighted by molar-refractivity contribution is 6.08. The lowest BCUT2D eigenvalue weighted by atomic mass is 9.69. The summed E-state index contributed by atoms with van der Waals surface area (Å²) in [5.41, 5.74) is -0.0731. The second-order valence-corrected chi connectivity index (χ2v) is 7.76. The Labute approximate surface area is 138 Å². The number of fused-ring (bicyclic) bond motifs is 2. The summed E-state index contributed by atoms with van der Waals surface area (Å²) in [5.74, 6) is 1.01. The van der Waals surface area contributed by atoms with E-state index in [4.69, 9.17) is 4.74 Å². The van der Waals surface area contributed by atoms with Gasteiger partial charge in [-0.2, -0.15) is 0 Å². The Hall–Kier alpha value is -1.64. The summed E-state index contributed by atoms with van der Waals surface area (Å²) < 4.78 is 5.70. The van der Waals surface area contributed by atoms with Gasteiger partial charge in [-0.05, 0) is 54.2 Å². The van der Waals surface area contributed by atoms with E-state index in [0.717, 1.165) is 18.4 Å². The van der Waals surface area contributed by atoms with Crippen LogP contribution in [-0.2, 0) is 9.59 Å². The van der Waals surface area contributed by atoms with Crippen LogP contribution in [0.3, 0.4) is 0 Å². The minimum atomic E-state index is -0.940. The van der Waals surface area contributed by atoms with Crippen LogP contribution in [0.1, 0.15) is 64.9 Å². The zero-order valence-corrected chi connectivity index (χ0v) is 14.5. The summed E-state index contributed by atoms with van der Waals surface area (Å²) in [6.45, 7) is 8.39. The molecule has 0 saturated heterocycles. The average molecular weight is 314 g/mol. The van der Waals surface area contributed by atoms with E-state index in [1.165, 1.54) is 0 Å². The van der Waals surface area contributed by atoms with Crippen molar-refractivity contribution in [2.45, 2.75) is 59.3 Å². The maximum atomic E-state index is 12.9. The molecule has 0 heterocycles. The van der Waals surface area contributed by atoms with E-state index < -0.39 is 5.41 Å². The van der Waals surface area contributed by atoms with Crippen molar-refractivity contribution in [1.82, 2.24) is 0 Å². The first-order chi connectivity index (χ1) is 10.8. The van der Waals surface area contributed by atoms with Crippen molar-refractivity contribution >= 4 is 11.8 Å². The fourth-order valence-corrected chi connectivity index (χ4v) is 4.47. The molecule has 2 aliphatic carbocycles. The Bertz CT molecular complexity index is 646.